The van der Waals surface area contributed by atoms with E-state index in [1.165, 1.54) is 0 Å². The predicted octanol–water partition coefficient (Wildman–Crippen LogP) is 2.73. The number of methoxy groups -OCH3 is 1. The number of urea groups is 1. The van der Waals surface area contributed by atoms with Crippen LogP contribution in [0.3, 0.4) is 0 Å². The van der Waals surface area contributed by atoms with E-state index in [0.29, 0.717) is 17.9 Å². The van der Waals surface area contributed by atoms with E-state index in [-0.39, 0.29) is 18.7 Å². The lowest BCUT2D eigenvalue weighted by atomic mass is 10.1. The van der Waals surface area contributed by atoms with Gasteiger partial charge < -0.3 is 20.5 Å². The van der Waals surface area contributed by atoms with Gasteiger partial charge in [0.1, 0.15) is 5.75 Å². The lowest BCUT2D eigenvalue weighted by Crippen LogP contribution is -2.41. The van der Waals surface area contributed by atoms with Crippen LogP contribution in [0.25, 0.3) is 0 Å². The lowest BCUT2D eigenvalue weighted by molar-refractivity contribution is 0.224. The second-order valence-electron chi connectivity index (χ2n) is 5.37. The Hall–Kier alpha value is -2.53. The molecular formula is C18H22N2O3. The molecule has 23 heavy (non-hydrogen) atoms. The average Bonchev–Trinajstić information content (AvgIpc) is 2.55. The van der Waals surface area contributed by atoms with E-state index in [1.54, 1.807) is 13.2 Å². The molecule has 0 fully saturated rings. The smallest absolute Gasteiger partial charge is 0.319 e. The van der Waals surface area contributed by atoms with Crippen LogP contribution in [0.1, 0.15) is 11.1 Å². The van der Waals surface area contributed by atoms with Crippen LogP contribution in [-0.4, -0.2) is 30.9 Å². The Morgan fingerprint density at radius 1 is 1.22 bits per heavy atom. The van der Waals surface area contributed by atoms with Crippen molar-refractivity contribution >= 4 is 11.7 Å². The molecule has 2 amide bonds. The fourth-order valence-corrected chi connectivity index (χ4v) is 2.32. The van der Waals surface area contributed by atoms with E-state index in [4.69, 9.17) is 4.74 Å². The Bertz CT molecular complexity index is 644. The molecule has 5 nitrogen and oxygen atoms in total. The third kappa shape index (κ3) is 5.00. The largest absolute Gasteiger partial charge is 0.495 e. The molecule has 0 aromatic heterocycles. The van der Waals surface area contributed by atoms with Crippen LogP contribution in [0.2, 0.25) is 0 Å². The van der Waals surface area contributed by atoms with Crippen molar-refractivity contribution in [3.63, 3.8) is 0 Å². The van der Waals surface area contributed by atoms with Crippen molar-refractivity contribution in [2.45, 2.75) is 19.4 Å². The number of benzene rings is 2. The minimum atomic E-state index is -0.371. The van der Waals surface area contributed by atoms with Crippen molar-refractivity contribution in [3.05, 3.63) is 59.7 Å². The third-order valence-corrected chi connectivity index (χ3v) is 3.48. The number of amides is 2. The molecular weight excluding hydrogens is 292 g/mol. The Morgan fingerprint density at radius 2 is 1.96 bits per heavy atom. The van der Waals surface area contributed by atoms with E-state index in [1.807, 2.05) is 49.4 Å². The van der Waals surface area contributed by atoms with Gasteiger partial charge in [-0.1, -0.05) is 36.4 Å². The van der Waals surface area contributed by atoms with E-state index < -0.39 is 0 Å². The van der Waals surface area contributed by atoms with Gasteiger partial charge in [0.15, 0.2) is 0 Å². The molecule has 3 N–H and O–H groups in total. The molecule has 1 unspecified atom stereocenters. The van der Waals surface area contributed by atoms with Crippen LogP contribution in [0.5, 0.6) is 5.75 Å². The molecule has 0 aliphatic carbocycles. The van der Waals surface area contributed by atoms with Gasteiger partial charge in [0.05, 0.1) is 25.4 Å². The van der Waals surface area contributed by atoms with E-state index in [2.05, 4.69) is 10.6 Å². The number of aliphatic hydroxyl groups is 1. The maximum absolute atomic E-state index is 12.2. The summed E-state index contributed by atoms with van der Waals surface area (Å²) in [5.41, 5.74) is 2.67. The number of ether oxygens (including phenoxy) is 1. The van der Waals surface area contributed by atoms with Gasteiger partial charge in [-0.3, -0.25) is 0 Å². The molecule has 2 aromatic rings. The number of rotatable bonds is 6. The zero-order valence-corrected chi connectivity index (χ0v) is 13.4. The van der Waals surface area contributed by atoms with Crippen molar-refractivity contribution in [3.8, 4) is 5.75 Å². The average molecular weight is 314 g/mol. The quantitative estimate of drug-likeness (QED) is 0.768. The highest BCUT2D eigenvalue weighted by molar-refractivity contribution is 5.91. The third-order valence-electron chi connectivity index (χ3n) is 3.48. The summed E-state index contributed by atoms with van der Waals surface area (Å²) in [6.45, 7) is 1.81. The highest BCUT2D eigenvalue weighted by Gasteiger charge is 2.13. The fourth-order valence-electron chi connectivity index (χ4n) is 2.32. The maximum atomic E-state index is 12.2. The van der Waals surface area contributed by atoms with Crippen LogP contribution in [-0.2, 0) is 6.42 Å². The summed E-state index contributed by atoms with van der Waals surface area (Å²) >= 11 is 0. The second-order valence-corrected chi connectivity index (χ2v) is 5.37. The minimum Gasteiger partial charge on any atom is -0.495 e. The molecule has 0 radical (unpaired) electrons. The van der Waals surface area contributed by atoms with E-state index in [9.17, 15) is 9.90 Å². The molecule has 5 heteroatoms. The molecule has 0 heterocycles. The Balaban J connectivity index is 1.99. The number of aryl methyl sites for hydroxylation is 1. The standard InChI is InChI=1S/C18H22N2O3/c1-13-8-9-17(23-2)16(10-13)20-18(22)19-15(12-21)11-14-6-4-3-5-7-14/h3-10,15,21H,11-12H2,1-2H3,(H2,19,20,22). The SMILES string of the molecule is COc1ccc(C)cc1NC(=O)NC(CO)Cc1ccccc1. The first-order chi connectivity index (χ1) is 11.1. The highest BCUT2D eigenvalue weighted by atomic mass is 16.5. The monoisotopic (exact) mass is 314 g/mol. The van der Waals surface area contributed by atoms with Crippen molar-refractivity contribution < 1.29 is 14.6 Å². The zero-order valence-electron chi connectivity index (χ0n) is 13.4. The van der Waals surface area contributed by atoms with Gasteiger partial charge in [-0.2, -0.15) is 0 Å². The number of anilines is 1. The van der Waals surface area contributed by atoms with Gasteiger partial charge in [0, 0.05) is 0 Å². The fraction of sp³-hybridized carbons (Fsp3) is 0.278. The van der Waals surface area contributed by atoms with Gasteiger partial charge in [-0.15, -0.1) is 0 Å². The summed E-state index contributed by atoms with van der Waals surface area (Å²) in [6.07, 6.45) is 0.565. The van der Waals surface area contributed by atoms with Crippen LogP contribution in [0.4, 0.5) is 10.5 Å². The van der Waals surface area contributed by atoms with Crippen molar-refractivity contribution in [2.75, 3.05) is 19.0 Å². The Labute approximate surface area is 136 Å². The lowest BCUT2D eigenvalue weighted by Gasteiger charge is -2.18. The summed E-state index contributed by atoms with van der Waals surface area (Å²) in [6, 6.07) is 14.6. The van der Waals surface area contributed by atoms with E-state index >= 15 is 0 Å². The molecule has 0 aliphatic rings. The first kappa shape index (κ1) is 16.8. The van der Waals surface area contributed by atoms with Gasteiger partial charge in [-0.25, -0.2) is 4.79 Å². The molecule has 122 valence electrons. The van der Waals surface area contributed by atoms with Crippen molar-refractivity contribution in [2.24, 2.45) is 0 Å². The van der Waals surface area contributed by atoms with E-state index in [0.717, 1.165) is 11.1 Å². The molecule has 0 bridgehead atoms. The molecule has 0 aliphatic heterocycles. The van der Waals surface area contributed by atoms with Crippen LogP contribution in [0, 0.1) is 6.92 Å². The van der Waals surface area contributed by atoms with Crippen molar-refractivity contribution in [1.82, 2.24) is 5.32 Å². The second kappa shape index (κ2) is 8.19. The first-order valence-electron chi connectivity index (χ1n) is 7.49. The van der Waals surface area contributed by atoms with Gasteiger partial charge in [0.25, 0.3) is 0 Å². The molecule has 0 spiro atoms. The predicted molar refractivity (Wildman–Crippen MR) is 90.9 cm³/mol. The summed E-state index contributed by atoms with van der Waals surface area (Å²) in [4.78, 5) is 12.2. The summed E-state index contributed by atoms with van der Waals surface area (Å²) in [7, 11) is 1.56. The van der Waals surface area contributed by atoms with Crippen molar-refractivity contribution in [1.29, 1.82) is 0 Å². The summed E-state index contributed by atoms with van der Waals surface area (Å²) < 4.78 is 5.24. The van der Waals surface area contributed by atoms with Crippen LogP contribution >= 0.6 is 0 Å². The molecule has 2 aromatic carbocycles. The summed E-state index contributed by atoms with van der Waals surface area (Å²) in [5.74, 6) is 0.592. The summed E-state index contributed by atoms with van der Waals surface area (Å²) in [5, 5.41) is 15.0. The van der Waals surface area contributed by atoms with Gasteiger partial charge >= 0.3 is 6.03 Å². The van der Waals surface area contributed by atoms with Crippen LogP contribution < -0.4 is 15.4 Å². The Kier molecular flexibility index (Phi) is 6.00. The minimum absolute atomic E-state index is 0.132. The zero-order chi connectivity index (χ0) is 16.7. The number of aliphatic hydroxyl groups excluding tert-OH is 1. The number of nitrogens with one attached hydrogen (secondary N) is 2. The Morgan fingerprint density at radius 3 is 2.61 bits per heavy atom. The first-order valence-corrected chi connectivity index (χ1v) is 7.49. The molecule has 0 saturated carbocycles. The molecule has 1 atom stereocenters. The normalized spacial score (nSPS) is 11.6. The van der Waals surface area contributed by atoms with Crippen LogP contribution in [0.15, 0.2) is 48.5 Å². The number of carbonyl (C=O) groups is 1. The number of carbonyl (C=O) groups excluding carboxylic acids is 1. The molecule has 0 saturated heterocycles. The van der Waals surface area contributed by atoms with Gasteiger partial charge in [0.2, 0.25) is 0 Å². The molecule has 2 rings (SSSR count). The number of hydrogen-bond acceptors (Lipinski definition) is 3. The number of hydrogen-bond donors (Lipinski definition) is 3. The highest BCUT2D eigenvalue weighted by Crippen LogP contribution is 2.25. The topological polar surface area (TPSA) is 70.6 Å². The van der Waals surface area contributed by atoms with Gasteiger partial charge in [-0.05, 0) is 36.6 Å². The maximum Gasteiger partial charge on any atom is 0.319 e.